The highest BCUT2D eigenvalue weighted by Crippen LogP contribution is 2.38. The third kappa shape index (κ3) is 4.04. The standard InChI is InChI=1S/C22H24ClN5OS/c1-4-6-18-25-26-22-28(18)27-19(15-11-9-13(2)10-12-15)20(30-22)21(29)24-17-8-5-7-16(23)14(17)3/h5,7-12,19-20,27H,4,6H2,1-3H3,(H,24,29)/t19-,20-/m1/s1. The fraction of sp³-hybridized carbons (Fsp3) is 0.318. The van der Waals surface area contributed by atoms with Gasteiger partial charge in [-0.25, -0.2) is 4.68 Å². The summed E-state index contributed by atoms with van der Waals surface area (Å²) in [5, 5.41) is 12.6. The Bertz CT molecular complexity index is 1070. The molecule has 4 rings (SSSR count). The second kappa shape index (κ2) is 8.70. The van der Waals surface area contributed by atoms with Crippen molar-refractivity contribution in [3.8, 4) is 0 Å². The number of amides is 1. The summed E-state index contributed by atoms with van der Waals surface area (Å²) in [5.74, 6) is 0.774. The Hall–Kier alpha value is -2.51. The molecule has 2 aromatic carbocycles. The first-order valence-electron chi connectivity index (χ1n) is 9.98. The second-order valence-corrected chi connectivity index (χ2v) is 8.96. The van der Waals surface area contributed by atoms with Crippen molar-refractivity contribution >= 4 is 35.0 Å². The van der Waals surface area contributed by atoms with Crippen LogP contribution in [0.2, 0.25) is 5.02 Å². The highest BCUT2D eigenvalue weighted by Gasteiger charge is 2.37. The van der Waals surface area contributed by atoms with Crippen LogP contribution in [-0.4, -0.2) is 26.0 Å². The second-order valence-electron chi connectivity index (χ2n) is 7.44. The van der Waals surface area contributed by atoms with Gasteiger partial charge in [-0.15, -0.1) is 10.2 Å². The Labute approximate surface area is 185 Å². The van der Waals surface area contributed by atoms with Crippen LogP contribution >= 0.6 is 23.4 Å². The fourth-order valence-electron chi connectivity index (χ4n) is 3.45. The topological polar surface area (TPSA) is 71.8 Å². The Kier molecular flexibility index (Phi) is 6.01. The van der Waals surface area contributed by atoms with Gasteiger partial charge in [0, 0.05) is 17.1 Å². The summed E-state index contributed by atoms with van der Waals surface area (Å²) in [6.07, 6.45) is 1.79. The molecule has 30 heavy (non-hydrogen) atoms. The highest BCUT2D eigenvalue weighted by atomic mass is 35.5. The predicted molar refractivity (Wildman–Crippen MR) is 122 cm³/mol. The first-order valence-corrected chi connectivity index (χ1v) is 11.2. The molecule has 1 aliphatic heterocycles. The molecular weight excluding hydrogens is 418 g/mol. The number of anilines is 1. The quantitative estimate of drug-likeness (QED) is 0.589. The summed E-state index contributed by atoms with van der Waals surface area (Å²) in [4.78, 5) is 13.4. The molecular formula is C22H24ClN5OS. The van der Waals surface area contributed by atoms with Crippen LogP contribution in [0, 0.1) is 13.8 Å². The summed E-state index contributed by atoms with van der Waals surface area (Å²) < 4.78 is 1.92. The SMILES string of the molecule is CCCc1nnc2n1N[C@H](c1ccc(C)cc1)[C@H](C(=O)Nc1cccc(Cl)c1C)S2. The van der Waals surface area contributed by atoms with Crippen molar-refractivity contribution < 1.29 is 4.79 Å². The van der Waals surface area contributed by atoms with Crippen LogP contribution in [0.25, 0.3) is 0 Å². The minimum Gasteiger partial charge on any atom is -0.325 e. The van der Waals surface area contributed by atoms with E-state index >= 15 is 0 Å². The Balaban J connectivity index is 1.68. The number of fused-ring (bicyclic) bond motifs is 1. The molecule has 0 radical (unpaired) electrons. The summed E-state index contributed by atoms with van der Waals surface area (Å²) in [5.41, 5.74) is 7.27. The summed E-state index contributed by atoms with van der Waals surface area (Å²) in [6.45, 7) is 6.06. The number of hydrogen-bond donors (Lipinski definition) is 2. The molecule has 8 heteroatoms. The van der Waals surface area contributed by atoms with E-state index in [1.807, 2.05) is 29.8 Å². The molecule has 3 aromatic rings. The number of carbonyl (C=O) groups is 1. The molecule has 0 saturated carbocycles. The summed E-state index contributed by atoms with van der Waals surface area (Å²) >= 11 is 7.66. The number of nitrogens with one attached hydrogen (secondary N) is 2. The van der Waals surface area contributed by atoms with Crippen molar-refractivity contribution in [1.29, 1.82) is 0 Å². The van der Waals surface area contributed by atoms with E-state index in [0.29, 0.717) is 10.2 Å². The van der Waals surface area contributed by atoms with Crippen LogP contribution in [0.5, 0.6) is 0 Å². The van der Waals surface area contributed by atoms with Gasteiger partial charge >= 0.3 is 0 Å². The molecule has 0 spiro atoms. The largest absolute Gasteiger partial charge is 0.325 e. The van der Waals surface area contributed by atoms with Gasteiger partial charge in [0.05, 0.1) is 6.04 Å². The zero-order valence-electron chi connectivity index (χ0n) is 17.1. The molecule has 2 heterocycles. The van der Waals surface area contributed by atoms with E-state index in [4.69, 9.17) is 11.6 Å². The Morgan fingerprint density at radius 1 is 1.20 bits per heavy atom. The van der Waals surface area contributed by atoms with Gasteiger partial charge in [0.2, 0.25) is 11.1 Å². The van der Waals surface area contributed by atoms with Gasteiger partial charge in [0.15, 0.2) is 5.82 Å². The van der Waals surface area contributed by atoms with E-state index in [1.54, 1.807) is 0 Å². The van der Waals surface area contributed by atoms with Crippen LogP contribution in [0.4, 0.5) is 5.69 Å². The van der Waals surface area contributed by atoms with E-state index in [2.05, 4.69) is 59.1 Å². The molecule has 0 bridgehead atoms. The molecule has 2 atom stereocenters. The lowest BCUT2D eigenvalue weighted by Gasteiger charge is -2.33. The van der Waals surface area contributed by atoms with Gasteiger partial charge in [-0.3, -0.25) is 4.79 Å². The van der Waals surface area contributed by atoms with Gasteiger partial charge < -0.3 is 10.7 Å². The number of thioether (sulfide) groups is 1. The molecule has 6 nitrogen and oxygen atoms in total. The predicted octanol–water partition coefficient (Wildman–Crippen LogP) is 4.90. The number of hydrogen-bond acceptors (Lipinski definition) is 5. The monoisotopic (exact) mass is 441 g/mol. The molecule has 1 aliphatic rings. The zero-order chi connectivity index (χ0) is 21.3. The highest BCUT2D eigenvalue weighted by molar-refractivity contribution is 8.00. The van der Waals surface area contributed by atoms with Crippen molar-refractivity contribution in [3.05, 3.63) is 70.0 Å². The van der Waals surface area contributed by atoms with Crippen molar-refractivity contribution in [1.82, 2.24) is 14.9 Å². The first kappa shape index (κ1) is 20.8. The van der Waals surface area contributed by atoms with Crippen molar-refractivity contribution in [3.63, 3.8) is 0 Å². The van der Waals surface area contributed by atoms with Gasteiger partial charge in [-0.1, -0.05) is 66.2 Å². The molecule has 0 fully saturated rings. The van der Waals surface area contributed by atoms with Crippen LogP contribution < -0.4 is 10.7 Å². The molecule has 1 amide bonds. The van der Waals surface area contributed by atoms with Gasteiger partial charge in [0.1, 0.15) is 5.25 Å². The molecule has 2 N–H and O–H groups in total. The van der Waals surface area contributed by atoms with Crippen LogP contribution in [0.3, 0.4) is 0 Å². The lowest BCUT2D eigenvalue weighted by atomic mass is 10.0. The van der Waals surface area contributed by atoms with E-state index in [9.17, 15) is 4.79 Å². The minimum absolute atomic E-state index is 0.102. The minimum atomic E-state index is -0.419. The Morgan fingerprint density at radius 2 is 1.97 bits per heavy atom. The number of halogens is 1. The van der Waals surface area contributed by atoms with Crippen molar-refractivity contribution in [2.45, 2.75) is 50.1 Å². The van der Waals surface area contributed by atoms with Gasteiger partial charge in [-0.05, 0) is 43.5 Å². The molecule has 0 aliphatic carbocycles. The smallest absolute Gasteiger partial charge is 0.240 e. The van der Waals surface area contributed by atoms with E-state index in [0.717, 1.165) is 35.5 Å². The number of nitrogens with zero attached hydrogens (tertiary/aromatic N) is 3. The lowest BCUT2D eigenvalue weighted by molar-refractivity contribution is -0.116. The number of carbonyl (C=O) groups excluding carboxylic acids is 1. The van der Waals surface area contributed by atoms with E-state index in [-0.39, 0.29) is 11.9 Å². The normalized spacial score (nSPS) is 17.9. The Morgan fingerprint density at radius 3 is 2.70 bits per heavy atom. The zero-order valence-corrected chi connectivity index (χ0v) is 18.7. The number of aromatic nitrogens is 3. The number of benzene rings is 2. The third-order valence-corrected chi connectivity index (χ3v) is 6.82. The number of aryl methyl sites for hydroxylation is 2. The maximum absolute atomic E-state index is 13.4. The fourth-order valence-corrected chi connectivity index (χ4v) is 4.73. The third-order valence-electron chi connectivity index (χ3n) is 5.20. The molecule has 0 saturated heterocycles. The summed E-state index contributed by atoms with van der Waals surface area (Å²) in [6, 6.07) is 13.5. The average molecular weight is 442 g/mol. The lowest BCUT2D eigenvalue weighted by Crippen LogP contribution is -2.41. The molecule has 0 unspecified atom stereocenters. The maximum atomic E-state index is 13.4. The van der Waals surface area contributed by atoms with Crippen LogP contribution in [0.15, 0.2) is 47.6 Å². The van der Waals surface area contributed by atoms with Crippen LogP contribution in [-0.2, 0) is 11.2 Å². The average Bonchev–Trinajstić information content (AvgIpc) is 3.13. The van der Waals surface area contributed by atoms with Crippen LogP contribution in [0.1, 0.15) is 41.9 Å². The molecule has 156 valence electrons. The van der Waals surface area contributed by atoms with Crippen molar-refractivity contribution in [2.75, 3.05) is 10.7 Å². The van der Waals surface area contributed by atoms with E-state index < -0.39 is 5.25 Å². The number of rotatable bonds is 5. The summed E-state index contributed by atoms with van der Waals surface area (Å²) in [7, 11) is 0. The van der Waals surface area contributed by atoms with Gasteiger partial charge in [0.25, 0.3) is 0 Å². The molecule has 1 aromatic heterocycles. The van der Waals surface area contributed by atoms with E-state index in [1.165, 1.54) is 17.3 Å². The van der Waals surface area contributed by atoms with Crippen molar-refractivity contribution in [2.24, 2.45) is 0 Å². The van der Waals surface area contributed by atoms with Gasteiger partial charge in [-0.2, -0.15) is 0 Å². The maximum Gasteiger partial charge on any atom is 0.240 e. The first-order chi connectivity index (χ1) is 14.5.